The molecular formula is C14H16F4O. The summed E-state index contributed by atoms with van der Waals surface area (Å²) >= 11 is 0. The summed E-state index contributed by atoms with van der Waals surface area (Å²) < 4.78 is 51.6. The first-order valence-electron chi connectivity index (χ1n) is 6.44. The molecule has 0 amide bonds. The van der Waals surface area contributed by atoms with Crippen LogP contribution in [0.3, 0.4) is 0 Å². The number of alkyl halides is 3. The predicted molar refractivity (Wildman–Crippen MR) is 62.9 cm³/mol. The monoisotopic (exact) mass is 276 g/mol. The van der Waals surface area contributed by atoms with Gasteiger partial charge in [-0.05, 0) is 36.5 Å². The van der Waals surface area contributed by atoms with Gasteiger partial charge in [0.25, 0.3) is 0 Å². The maximum absolute atomic E-state index is 13.0. The van der Waals surface area contributed by atoms with Crippen LogP contribution in [0.5, 0.6) is 0 Å². The molecule has 1 aromatic rings. The van der Waals surface area contributed by atoms with Gasteiger partial charge in [0, 0.05) is 0 Å². The Bertz CT molecular complexity index is 436. The lowest BCUT2D eigenvalue weighted by Gasteiger charge is -2.28. The minimum Gasteiger partial charge on any atom is -0.388 e. The van der Waals surface area contributed by atoms with Crippen molar-refractivity contribution < 1.29 is 22.7 Å². The molecule has 19 heavy (non-hydrogen) atoms. The van der Waals surface area contributed by atoms with E-state index in [-0.39, 0.29) is 11.5 Å². The number of rotatable bonds is 2. The maximum Gasteiger partial charge on any atom is 0.416 e. The third-order valence-corrected chi connectivity index (χ3v) is 3.74. The molecule has 0 saturated heterocycles. The van der Waals surface area contributed by atoms with E-state index in [1.54, 1.807) is 0 Å². The molecule has 1 atom stereocenters. The molecule has 1 nitrogen and oxygen atoms in total. The van der Waals surface area contributed by atoms with E-state index < -0.39 is 23.7 Å². The summed E-state index contributed by atoms with van der Waals surface area (Å²) in [6.45, 7) is 0. The van der Waals surface area contributed by atoms with Crippen LogP contribution in [0.15, 0.2) is 18.2 Å². The van der Waals surface area contributed by atoms with Crippen LogP contribution in [0.4, 0.5) is 17.6 Å². The molecule has 1 unspecified atom stereocenters. The fourth-order valence-electron chi connectivity index (χ4n) is 2.74. The minimum atomic E-state index is -4.65. The van der Waals surface area contributed by atoms with Gasteiger partial charge < -0.3 is 5.11 Å². The second-order valence-electron chi connectivity index (χ2n) is 5.07. The third kappa shape index (κ3) is 3.26. The van der Waals surface area contributed by atoms with Crippen molar-refractivity contribution in [3.05, 3.63) is 35.1 Å². The topological polar surface area (TPSA) is 20.2 Å². The van der Waals surface area contributed by atoms with Crippen molar-refractivity contribution in [3.8, 4) is 0 Å². The smallest absolute Gasteiger partial charge is 0.388 e. The highest BCUT2D eigenvalue weighted by atomic mass is 19.4. The Balaban J connectivity index is 2.32. The fourth-order valence-corrected chi connectivity index (χ4v) is 2.74. The van der Waals surface area contributed by atoms with E-state index in [0.717, 1.165) is 44.2 Å². The Kier molecular flexibility index (Phi) is 4.13. The van der Waals surface area contributed by atoms with Crippen LogP contribution < -0.4 is 0 Å². The van der Waals surface area contributed by atoms with Crippen molar-refractivity contribution in [1.82, 2.24) is 0 Å². The summed E-state index contributed by atoms with van der Waals surface area (Å²) in [6.07, 6.45) is -1.48. The van der Waals surface area contributed by atoms with Crippen molar-refractivity contribution in [2.75, 3.05) is 0 Å². The Morgan fingerprint density at radius 1 is 1.11 bits per heavy atom. The van der Waals surface area contributed by atoms with E-state index in [1.807, 2.05) is 0 Å². The second kappa shape index (κ2) is 5.49. The third-order valence-electron chi connectivity index (χ3n) is 3.74. The lowest BCUT2D eigenvalue weighted by Crippen LogP contribution is -2.20. The summed E-state index contributed by atoms with van der Waals surface area (Å²) in [7, 11) is 0. The zero-order chi connectivity index (χ0) is 14.0. The Hall–Kier alpha value is -1.10. The van der Waals surface area contributed by atoms with Crippen LogP contribution in [0.2, 0.25) is 0 Å². The molecule has 1 N–H and O–H groups in total. The number of benzene rings is 1. The number of aliphatic hydroxyl groups is 1. The van der Waals surface area contributed by atoms with E-state index >= 15 is 0 Å². The number of halogens is 4. The normalized spacial score (nSPS) is 19.4. The molecule has 1 fully saturated rings. The van der Waals surface area contributed by atoms with Crippen molar-refractivity contribution >= 4 is 0 Å². The molecule has 1 aromatic carbocycles. The van der Waals surface area contributed by atoms with Gasteiger partial charge in [0.1, 0.15) is 5.82 Å². The highest BCUT2D eigenvalue weighted by molar-refractivity contribution is 5.32. The molecule has 1 aliphatic carbocycles. The zero-order valence-electron chi connectivity index (χ0n) is 10.4. The largest absolute Gasteiger partial charge is 0.416 e. The van der Waals surface area contributed by atoms with Gasteiger partial charge in [-0.15, -0.1) is 0 Å². The van der Waals surface area contributed by atoms with E-state index in [9.17, 15) is 22.7 Å². The average Bonchev–Trinajstić information content (AvgIpc) is 2.38. The molecule has 1 aliphatic rings. The van der Waals surface area contributed by atoms with Crippen molar-refractivity contribution in [1.29, 1.82) is 0 Å². The quantitative estimate of drug-likeness (QED) is 0.791. The molecule has 0 radical (unpaired) electrons. The Morgan fingerprint density at radius 3 is 2.32 bits per heavy atom. The predicted octanol–water partition coefficient (Wildman–Crippen LogP) is 4.46. The first-order chi connectivity index (χ1) is 8.89. The van der Waals surface area contributed by atoms with E-state index in [2.05, 4.69) is 0 Å². The first-order valence-corrected chi connectivity index (χ1v) is 6.44. The van der Waals surface area contributed by atoms with E-state index in [1.165, 1.54) is 0 Å². The fraction of sp³-hybridized carbons (Fsp3) is 0.571. The molecule has 5 heteroatoms. The van der Waals surface area contributed by atoms with Gasteiger partial charge in [-0.25, -0.2) is 4.39 Å². The molecule has 1 saturated carbocycles. The van der Waals surface area contributed by atoms with Gasteiger partial charge in [-0.1, -0.05) is 25.3 Å². The summed E-state index contributed by atoms with van der Waals surface area (Å²) in [5.74, 6) is -1.10. The number of hydrogen-bond donors (Lipinski definition) is 1. The van der Waals surface area contributed by atoms with Crippen molar-refractivity contribution in [3.63, 3.8) is 0 Å². The van der Waals surface area contributed by atoms with Crippen LogP contribution in [-0.4, -0.2) is 5.11 Å². The highest BCUT2D eigenvalue weighted by Crippen LogP contribution is 2.40. The van der Waals surface area contributed by atoms with Crippen molar-refractivity contribution in [2.24, 2.45) is 5.92 Å². The van der Waals surface area contributed by atoms with Crippen LogP contribution in [0.25, 0.3) is 0 Å². The molecule has 0 aromatic heterocycles. The van der Waals surface area contributed by atoms with E-state index in [0.29, 0.717) is 6.07 Å². The Morgan fingerprint density at radius 2 is 1.74 bits per heavy atom. The molecule has 0 heterocycles. The van der Waals surface area contributed by atoms with Gasteiger partial charge in [-0.2, -0.15) is 13.2 Å². The van der Waals surface area contributed by atoms with Gasteiger partial charge in [0.2, 0.25) is 0 Å². The summed E-state index contributed by atoms with van der Waals surface area (Å²) in [5, 5.41) is 10.2. The minimum absolute atomic E-state index is 0.166. The first kappa shape index (κ1) is 14.3. The molecule has 0 spiro atoms. The maximum atomic E-state index is 13.0. The molecule has 2 rings (SSSR count). The van der Waals surface area contributed by atoms with Crippen LogP contribution in [-0.2, 0) is 6.18 Å². The standard InChI is InChI=1S/C14H16F4O/c15-10-6-7-11(12(8-10)14(16,17)18)13(19)9-4-2-1-3-5-9/h6-9,13,19H,1-5H2. The summed E-state index contributed by atoms with van der Waals surface area (Å²) in [4.78, 5) is 0. The van der Waals surface area contributed by atoms with Crippen LogP contribution in [0, 0.1) is 11.7 Å². The van der Waals surface area contributed by atoms with Crippen LogP contribution >= 0.6 is 0 Å². The molecule has 106 valence electrons. The molecule has 0 bridgehead atoms. The van der Waals surface area contributed by atoms with E-state index in [4.69, 9.17) is 0 Å². The van der Waals surface area contributed by atoms with Gasteiger partial charge in [-0.3, -0.25) is 0 Å². The molecular weight excluding hydrogens is 260 g/mol. The number of aliphatic hydroxyl groups excluding tert-OH is 1. The van der Waals surface area contributed by atoms with Gasteiger partial charge >= 0.3 is 6.18 Å². The van der Waals surface area contributed by atoms with Crippen molar-refractivity contribution in [2.45, 2.75) is 44.4 Å². The Labute approximate surface area is 109 Å². The van der Waals surface area contributed by atoms with Gasteiger partial charge in [0.15, 0.2) is 0 Å². The lowest BCUT2D eigenvalue weighted by molar-refractivity contribution is -0.139. The highest BCUT2D eigenvalue weighted by Gasteiger charge is 2.37. The SMILES string of the molecule is OC(c1ccc(F)cc1C(F)(F)F)C1CCCCC1. The molecule has 0 aliphatic heterocycles. The van der Waals surface area contributed by atoms with Crippen LogP contribution in [0.1, 0.15) is 49.3 Å². The summed E-state index contributed by atoms with van der Waals surface area (Å²) in [6, 6.07) is 2.48. The number of hydrogen-bond acceptors (Lipinski definition) is 1. The zero-order valence-corrected chi connectivity index (χ0v) is 10.4. The van der Waals surface area contributed by atoms with Gasteiger partial charge in [0.05, 0.1) is 11.7 Å². The second-order valence-corrected chi connectivity index (χ2v) is 5.07. The summed E-state index contributed by atoms with van der Waals surface area (Å²) in [5.41, 5.74) is -1.27. The average molecular weight is 276 g/mol. The lowest BCUT2D eigenvalue weighted by atomic mass is 9.81.